The van der Waals surface area contributed by atoms with Crippen molar-refractivity contribution in [3.05, 3.63) is 10.6 Å². The highest BCUT2D eigenvalue weighted by molar-refractivity contribution is 7.15. The van der Waals surface area contributed by atoms with Gasteiger partial charge < -0.3 is 10.0 Å². The number of nitrogens with zero attached hydrogens (tertiary/aromatic N) is 2. The van der Waals surface area contributed by atoms with Gasteiger partial charge in [0.15, 0.2) is 5.13 Å². The lowest BCUT2D eigenvalue weighted by Gasteiger charge is -2.15. The summed E-state index contributed by atoms with van der Waals surface area (Å²) < 4.78 is 0. The van der Waals surface area contributed by atoms with Gasteiger partial charge in [-0.2, -0.15) is 0 Å². The van der Waals surface area contributed by atoms with Gasteiger partial charge in [-0.3, -0.25) is 0 Å². The highest BCUT2D eigenvalue weighted by Gasteiger charge is 2.34. The standard InChI is InChI=1S/C13H20N2OS/c1-8-6-9(8)7-15(2)13-14-12-10(16)4-3-5-11(12)17-13/h8-10,16H,3-7H2,1-2H3. The largest absolute Gasteiger partial charge is 0.387 e. The first kappa shape index (κ1) is 11.5. The number of hydrogen-bond acceptors (Lipinski definition) is 4. The van der Waals surface area contributed by atoms with Gasteiger partial charge in [0.25, 0.3) is 0 Å². The van der Waals surface area contributed by atoms with Crippen LogP contribution in [0.4, 0.5) is 5.13 Å². The Labute approximate surface area is 106 Å². The smallest absolute Gasteiger partial charge is 0.185 e. The van der Waals surface area contributed by atoms with Crippen molar-refractivity contribution in [2.45, 2.75) is 38.7 Å². The number of rotatable bonds is 3. The maximum absolute atomic E-state index is 9.92. The fourth-order valence-corrected chi connectivity index (χ4v) is 3.76. The average molecular weight is 252 g/mol. The summed E-state index contributed by atoms with van der Waals surface area (Å²) in [6.45, 7) is 3.43. The van der Waals surface area contributed by atoms with E-state index in [2.05, 4.69) is 23.9 Å². The molecule has 3 unspecified atom stereocenters. The highest BCUT2D eigenvalue weighted by Crippen LogP contribution is 2.40. The number of aryl methyl sites for hydroxylation is 1. The average Bonchev–Trinajstić information content (AvgIpc) is 2.81. The van der Waals surface area contributed by atoms with Gasteiger partial charge in [0, 0.05) is 18.5 Å². The van der Waals surface area contributed by atoms with E-state index in [1.165, 1.54) is 11.3 Å². The molecular formula is C13H20N2OS. The second-order valence-corrected chi connectivity index (χ2v) is 6.63. The number of thiazole rings is 1. The zero-order chi connectivity index (χ0) is 12.0. The number of aliphatic hydroxyl groups is 1. The molecule has 2 aliphatic rings. The molecule has 2 aliphatic carbocycles. The van der Waals surface area contributed by atoms with Crippen LogP contribution in [0.5, 0.6) is 0 Å². The summed E-state index contributed by atoms with van der Waals surface area (Å²) in [4.78, 5) is 8.20. The lowest BCUT2D eigenvalue weighted by atomic mass is 10.0. The van der Waals surface area contributed by atoms with Crippen molar-refractivity contribution in [3.63, 3.8) is 0 Å². The van der Waals surface area contributed by atoms with Gasteiger partial charge in [-0.25, -0.2) is 4.98 Å². The Bertz CT molecular complexity index is 418. The van der Waals surface area contributed by atoms with Crippen LogP contribution in [0.15, 0.2) is 0 Å². The summed E-state index contributed by atoms with van der Waals surface area (Å²) >= 11 is 1.77. The lowest BCUT2D eigenvalue weighted by Crippen LogP contribution is -2.20. The van der Waals surface area contributed by atoms with Gasteiger partial charge in [-0.05, 0) is 37.5 Å². The van der Waals surface area contributed by atoms with Crippen molar-refractivity contribution < 1.29 is 5.11 Å². The van der Waals surface area contributed by atoms with Crippen molar-refractivity contribution in [3.8, 4) is 0 Å². The van der Waals surface area contributed by atoms with E-state index in [1.807, 2.05) is 0 Å². The lowest BCUT2D eigenvalue weighted by molar-refractivity contribution is 0.153. The fourth-order valence-electron chi connectivity index (χ4n) is 2.63. The van der Waals surface area contributed by atoms with Crippen LogP contribution in [0.2, 0.25) is 0 Å². The third kappa shape index (κ3) is 2.20. The van der Waals surface area contributed by atoms with E-state index in [9.17, 15) is 5.11 Å². The van der Waals surface area contributed by atoms with E-state index in [-0.39, 0.29) is 6.10 Å². The summed E-state index contributed by atoms with van der Waals surface area (Å²) in [7, 11) is 2.13. The molecule has 3 atom stereocenters. The van der Waals surface area contributed by atoms with Crippen LogP contribution in [-0.2, 0) is 6.42 Å². The first-order valence-electron chi connectivity index (χ1n) is 6.54. The van der Waals surface area contributed by atoms with Crippen LogP contribution in [-0.4, -0.2) is 23.7 Å². The van der Waals surface area contributed by atoms with E-state index >= 15 is 0 Å². The van der Waals surface area contributed by atoms with E-state index in [0.717, 1.165) is 48.5 Å². The molecule has 1 N–H and O–H groups in total. The molecule has 0 saturated heterocycles. The second-order valence-electron chi connectivity index (χ2n) is 5.57. The summed E-state index contributed by atoms with van der Waals surface area (Å²) in [5.41, 5.74) is 0.951. The Kier molecular flexibility index (Phi) is 2.87. The molecule has 0 radical (unpaired) electrons. The molecule has 1 fully saturated rings. The molecule has 3 nitrogen and oxygen atoms in total. The Morgan fingerprint density at radius 2 is 2.29 bits per heavy atom. The number of aliphatic hydroxyl groups excluding tert-OH is 1. The van der Waals surface area contributed by atoms with Crippen molar-refractivity contribution in [2.24, 2.45) is 11.8 Å². The molecule has 0 aliphatic heterocycles. The van der Waals surface area contributed by atoms with Gasteiger partial charge in [-0.1, -0.05) is 6.92 Å². The third-order valence-corrected chi connectivity index (χ3v) is 5.27. The topological polar surface area (TPSA) is 36.4 Å². The van der Waals surface area contributed by atoms with Crippen LogP contribution < -0.4 is 4.90 Å². The number of aromatic nitrogens is 1. The second kappa shape index (κ2) is 4.25. The number of hydrogen-bond donors (Lipinski definition) is 1. The van der Waals surface area contributed by atoms with Crippen molar-refractivity contribution in [1.29, 1.82) is 0 Å². The molecule has 1 aromatic heterocycles. The normalized spacial score (nSPS) is 31.1. The molecule has 17 heavy (non-hydrogen) atoms. The molecule has 0 bridgehead atoms. The molecule has 3 rings (SSSR count). The van der Waals surface area contributed by atoms with E-state index in [1.54, 1.807) is 11.3 Å². The third-order valence-electron chi connectivity index (χ3n) is 4.02. The Morgan fingerprint density at radius 1 is 1.53 bits per heavy atom. The minimum atomic E-state index is -0.322. The maximum atomic E-state index is 9.92. The Hall–Kier alpha value is -0.610. The van der Waals surface area contributed by atoms with Crippen LogP contribution in [0.1, 0.15) is 42.9 Å². The summed E-state index contributed by atoms with van der Waals surface area (Å²) in [5.74, 6) is 1.74. The zero-order valence-electron chi connectivity index (χ0n) is 10.5. The van der Waals surface area contributed by atoms with Gasteiger partial charge in [0.1, 0.15) is 0 Å². The quantitative estimate of drug-likeness (QED) is 0.898. The summed E-state index contributed by atoms with van der Waals surface area (Å²) in [5, 5.41) is 11.0. The Balaban J connectivity index is 1.74. The Morgan fingerprint density at radius 3 is 2.94 bits per heavy atom. The molecule has 94 valence electrons. The maximum Gasteiger partial charge on any atom is 0.185 e. The predicted molar refractivity (Wildman–Crippen MR) is 70.6 cm³/mol. The molecule has 0 aromatic carbocycles. The molecule has 0 spiro atoms. The minimum absolute atomic E-state index is 0.322. The SMILES string of the molecule is CC1CC1CN(C)c1nc2c(s1)CCCC2O. The summed E-state index contributed by atoms with van der Waals surface area (Å²) in [6, 6.07) is 0. The number of fused-ring (bicyclic) bond motifs is 1. The van der Waals surface area contributed by atoms with Gasteiger partial charge in [-0.15, -0.1) is 11.3 Å². The summed E-state index contributed by atoms with van der Waals surface area (Å²) in [6.07, 6.45) is 4.10. The first-order chi connectivity index (χ1) is 8.15. The number of anilines is 1. The van der Waals surface area contributed by atoms with Crippen molar-refractivity contribution in [2.75, 3.05) is 18.5 Å². The van der Waals surface area contributed by atoms with Gasteiger partial charge in [0.2, 0.25) is 0 Å². The predicted octanol–water partition coefficient (Wildman–Crippen LogP) is 2.61. The molecule has 0 amide bonds. The molecule has 1 heterocycles. The van der Waals surface area contributed by atoms with Crippen LogP contribution in [0.3, 0.4) is 0 Å². The molecular weight excluding hydrogens is 232 g/mol. The van der Waals surface area contributed by atoms with Gasteiger partial charge >= 0.3 is 0 Å². The van der Waals surface area contributed by atoms with Crippen LogP contribution in [0.25, 0.3) is 0 Å². The van der Waals surface area contributed by atoms with Crippen molar-refractivity contribution >= 4 is 16.5 Å². The highest BCUT2D eigenvalue weighted by atomic mass is 32.1. The molecule has 1 saturated carbocycles. The first-order valence-corrected chi connectivity index (χ1v) is 7.35. The molecule has 4 heteroatoms. The van der Waals surface area contributed by atoms with E-state index in [4.69, 9.17) is 0 Å². The monoisotopic (exact) mass is 252 g/mol. The fraction of sp³-hybridized carbons (Fsp3) is 0.769. The van der Waals surface area contributed by atoms with E-state index in [0.29, 0.717) is 0 Å². The minimum Gasteiger partial charge on any atom is -0.387 e. The van der Waals surface area contributed by atoms with Crippen LogP contribution >= 0.6 is 11.3 Å². The van der Waals surface area contributed by atoms with Gasteiger partial charge in [0.05, 0.1) is 11.8 Å². The molecule has 1 aromatic rings. The van der Waals surface area contributed by atoms with Crippen molar-refractivity contribution in [1.82, 2.24) is 4.98 Å². The zero-order valence-corrected chi connectivity index (χ0v) is 11.3. The van der Waals surface area contributed by atoms with E-state index < -0.39 is 0 Å². The van der Waals surface area contributed by atoms with Crippen LogP contribution in [0, 0.1) is 11.8 Å².